The molecule has 0 aromatic heterocycles. The third kappa shape index (κ3) is 4.11. The molecule has 0 spiro atoms. The molecule has 0 aliphatic heterocycles. The standard InChI is InChI=1S/C12H13ClF3NO2/c1-7(11(18)19)17(2)6-8-5-9(12(14,15)16)3-4-10(8)13/h3-5,7H,6H2,1-2H3,(H,18,19). The first-order chi connectivity index (χ1) is 8.62. The van der Waals surface area contributed by atoms with E-state index in [4.69, 9.17) is 16.7 Å². The van der Waals surface area contributed by atoms with Crippen LogP contribution in [-0.4, -0.2) is 29.1 Å². The highest BCUT2D eigenvalue weighted by Gasteiger charge is 2.31. The van der Waals surface area contributed by atoms with E-state index < -0.39 is 23.8 Å². The lowest BCUT2D eigenvalue weighted by molar-refractivity contribution is -0.142. The number of carbonyl (C=O) groups is 1. The van der Waals surface area contributed by atoms with Gasteiger partial charge in [-0.3, -0.25) is 9.69 Å². The summed E-state index contributed by atoms with van der Waals surface area (Å²) in [6.07, 6.45) is -4.45. The third-order valence-electron chi connectivity index (χ3n) is 2.81. The van der Waals surface area contributed by atoms with E-state index in [0.29, 0.717) is 0 Å². The van der Waals surface area contributed by atoms with Gasteiger partial charge in [-0.15, -0.1) is 0 Å². The fourth-order valence-electron chi connectivity index (χ4n) is 1.47. The van der Waals surface area contributed by atoms with Gasteiger partial charge >= 0.3 is 12.1 Å². The van der Waals surface area contributed by atoms with Crippen molar-refractivity contribution < 1.29 is 23.1 Å². The van der Waals surface area contributed by atoms with Gasteiger partial charge in [0.05, 0.1) is 5.56 Å². The fourth-order valence-corrected chi connectivity index (χ4v) is 1.64. The predicted octanol–water partition coefficient (Wildman–Crippen LogP) is 3.26. The Morgan fingerprint density at radius 2 is 2.05 bits per heavy atom. The second-order valence-electron chi connectivity index (χ2n) is 4.23. The maximum atomic E-state index is 12.6. The molecule has 106 valence electrons. The number of carboxylic acids is 1. The number of hydrogen-bond donors (Lipinski definition) is 1. The molecule has 3 nitrogen and oxygen atoms in total. The summed E-state index contributed by atoms with van der Waals surface area (Å²) < 4.78 is 37.7. The van der Waals surface area contributed by atoms with Crippen LogP contribution in [0.1, 0.15) is 18.1 Å². The Labute approximate surface area is 113 Å². The predicted molar refractivity (Wildman–Crippen MR) is 65.0 cm³/mol. The number of benzene rings is 1. The number of halogens is 4. The summed E-state index contributed by atoms with van der Waals surface area (Å²) in [5, 5.41) is 9.01. The van der Waals surface area contributed by atoms with Gasteiger partial charge in [-0.2, -0.15) is 13.2 Å². The quantitative estimate of drug-likeness (QED) is 0.927. The largest absolute Gasteiger partial charge is 0.480 e. The first-order valence-electron chi connectivity index (χ1n) is 5.41. The van der Waals surface area contributed by atoms with E-state index in [1.165, 1.54) is 24.9 Å². The molecule has 0 heterocycles. The van der Waals surface area contributed by atoms with Gasteiger partial charge in [-0.1, -0.05) is 11.6 Å². The van der Waals surface area contributed by atoms with E-state index in [2.05, 4.69) is 0 Å². The highest BCUT2D eigenvalue weighted by Crippen LogP contribution is 2.32. The van der Waals surface area contributed by atoms with Crippen molar-refractivity contribution in [1.82, 2.24) is 4.90 Å². The van der Waals surface area contributed by atoms with E-state index in [1.54, 1.807) is 0 Å². The van der Waals surface area contributed by atoms with Gasteiger partial charge < -0.3 is 5.11 Å². The Morgan fingerprint density at radius 1 is 1.47 bits per heavy atom. The average molecular weight is 296 g/mol. The molecule has 1 unspecified atom stereocenters. The van der Waals surface area contributed by atoms with Crippen LogP contribution in [0.2, 0.25) is 5.02 Å². The number of aliphatic carboxylic acids is 1. The molecule has 0 aliphatic carbocycles. The first-order valence-corrected chi connectivity index (χ1v) is 5.79. The molecule has 0 bridgehead atoms. The van der Waals surface area contributed by atoms with E-state index in [-0.39, 0.29) is 17.1 Å². The second kappa shape index (κ2) is 5.79. The van der Waals surface area contributed by atoms with Crippen LogP contribution in [0.5, 0.6) is 0 Å². The number of carboxylic acid groups (broad SMARTS) is 1. The second-order valence-corrected chi connectivity index (χ2v) is 4.64. The van der Waals surface area contributed by atoms with Crippen LogP contribution < -0.4 is 0 Å². The van der Waals surface area contributed by atoms with Crippen LogP contribution in [0, 0.1) is 0 Å². The zero-order valence-corrected chi connectivity index (χ0v) is 11.1. The van der Waals surface area contributed by atoms with Crippen LogP contribution in [0.4, 0.5) is 13.2 Å². The van der Waals surface area contributed by atoms with Gasteiger partial charge in [0, 0.05) is 11.6 Å². The smallest absolute Gasteiger partial charge is 0.416 e. The molecule has 0 saturated heterocycles. The van der Waals surface area contributed by atoms with Crippen LogP contribution in [0.3, 0.4) is 0 Å². The van der Waals surface area contributed by atoms with E-state index in [1.807, 2.05) is 0 Å². The normalized spacial score (nSPS) is 13.6. The molecule has 1 aromatic carbocycles. The van der Waals surface area contributed by atoms with E-state index in [0.717, 1.165) is 12.1 Å². The van der Waals surface area contributed by atoms with Crippen molar-refractivity contribution in [3.63, 3.8) is 0 Å². The maximum absolute atomic E-state index is 12.6. The molecule has 7 heteroatoms. The summed E-state index contributed by atoms with van der Waals surface area (Å²) in [5.74, 6) is -1.05. The summed E-state index contributed by atoms with van der Waals surface area (Å²) in [6, 6.07) is 2.18. The topological polar surface area (TPSA) is 40.5 Å². The molecule has 0 saturated carbocycles. The van der Waals surface area contributed by atoms with Crippen LogP contribution in [0.15, 0.2) is 18.2 Å². The van der Waals surface area contributed by atoms with E-state index >= 15 is 0 Å². The molecule has 19 heavy (non-hydrogen) atoms. The zero-order valence-electron chi connectivity index (χ0n) is 10.3. The van der Waals surface area contributed by atoms with Gasteiger partial charge in [0.15, 0.2) is 0 Å². The highest BCUT2D eigenvalue weighted by atomic mass is 35.5. The number of rotatable bonds is 4. The monoisotopic (exact) mass is 295 g/mol. The molecule has 0 fully saturated rings. The summed E-state index contributed by atoms with van der Waals surface area (Å²) in [5.41, 5.74) is -0.560. The third-order valence-corrected chi connectivity index (χ3v) is 3.18. The Kier molecular flexibility index (Phi) is 4.81. The minimum atomic E-state index is -4.45. The van der Waals surface area contributed by atoms with Crippen LogP contribution in [0.25, 0.3) is 0 Å². The Bertz CT molecular complexity index is 477. The number of nitrogens with zero attached hydrogens (tertiary/aromatic N) is 1. The zero-order chi connectivity index (χ0) is 14.8. The lowest BCUT2D eigenvalue weighted by Gasteiger charge is -2.22. The van der Waals surface area contributed by atoms with Crippen LogP contribution in [-0.2, 0) is 17.5 Å². The van der Waals surface area contributed by atoms with Crippen molar-refractivity contribution in [2.45, 2.75) is 25.7 Å². The molecular weight excluding hydrogens is 283 g/mol. The number of alkyl halides is 3. The summed E-state index contributed by atoms with van der Waals surface area (Å²) >= 11 is 5.83. The van der Waals surface area contributed by atoms with Gasteiger partial charge in [0.2, 0.25) is 0 Å². The lowest BCUT2D eigenvalue weighted by Crippen LogP contribution is -2.35. The fraction of sp³-hybridized carbons (Fsp3) is 0.417. The number of hydrogen-bond acceptors (Lipinski definition) is 2. The molecule has 0 radical (unpaired) electrons. The molecular formula is C12H13ClF3NO2. The lowest BCUT2D eigenvalue weighted by atomic mass is 10.1. The van der Waals surface area contributed by atoms with Gasteiger partial charge in [-0.25, -0.2) is 0 Å². The van der Waals surface area contributed by atoms with Crippen molar-refractivity contribution in [3.8, 4) is 0 Å². The van der Waals surface area contributed by atoms with Crippen molar-refractivity contribution in [2.24, 2.45) is 0 Å². The summed E-state index contributed by atoms with van der Waals surface area (Å²) in [4.78, 5) is 12.2. The van der Waals surface area contributed by atoms with Crippen molar-refractivity contribution in [3.05, 3.63) is 34.3 Å². The van der Waals surface area contributed by atoms with Crippen LogP contribution >= 0.6 is 11.6 Å². The SMILES string of the molecule is CC(C(=O)O)N(C)Cc1cc(C(F)(F)F)ccc1Cl. The minimum absolute atomic E-state index is 0.0240. The van der Waals surface area contributed by atoms with Crippen molar-refractivity contribution in [1.29, 1.82) is 0 Å². The highest BCUT2D eigenvalue weighted by molar-refractivity contribution is 6.31. The summed E-state index contributed by atoms with van der Waals surface area (Å²) in [7, 11) is 1.51. The molecule has 1 atom stereocenters. The Morgan fingerprint density at radius 3 is 2.53 bits per heavy atom. The molecule has 0 aliphatic rings. The molecule has 1 rings (SSSR count). The van der Waals surface area contributed by atoms with Gasteiger partial charge in [0.25, 0.3) is 0 Å². The number of likely N-dealkylation sites (N-methyl/N-ethyl adjacent to an activating group) is 1. The average Bonchev–Trinajstić information content (AvgIpc) is 2.29. The Hall–Kier alpha value is -1.27. The molecule has 1 N–H and O–H groups in total. The van der Waals surface area contributed by atoms with Crippen molar-refractivity contribution >= 4 is 17.6 Å². The van der Waals surface area contributed by atoms with E-state index in [9.17, 15) is 18.0 Å². The minimum Gasteiger partial charge on any atom is -0.480 e. The maximum Gasteiger partial charge on any atom is 0.416 e. The van der Waals surface area contributed by atoms with Gasteiger partial charge in [-0.05, 0) is 37.7 Å². The summed E-state index contributed by atoms with van der Waals surface area (Å²) in [6.45, 7) is 1.47. The molecule has 1 aromatic rings. The van der Waals surface area contributed by atoms with Crippen molar-refractivity contribution in [2.75, 3.05) is 7.05 Å². The van der Waals surface area contributed by atoms with Gasteiger partial charge in [0.1, 0.15) is 6.04 Å². The first kappa shape index (κ1) is 15.8. The molecule has 0 amide bonds. The Balaban J connectivity index is 2.98.